The first-order chi connectivity index (χ1) is 15.7. The van der Waals surface area contributed by atoms with E-state index in [2.05, 4.69) is 9.71 Å². The summed E-state index contributed by atoms with van der Waals surface area (Å²) in [6, 6.07) is 12.6. The van der Waals surface area contributed by atoms with E-state index in [1.165, 1.54) is 6.07 Å². The molecule has 2 aromatic rings. The van der Waals surface area contributed by atoms with Gasteiger partial charge < -0.3 is 9.80 Å². The van der Waals surface area contributed by atoms with Crippen LogP contribution in [0.4, 0.5) is 0 Å². The molecule has 0 aliphatic carbocycles. The molecule has 0 spiro atoms. The van der Waals surface area contributed by atoms with Gasteiger partial charge in [0.2, 0.25) is 5.91 Å². The predicted molar refractivity (Wildman–Crippen MR) is 126 cm³/mol. The van der Waals surface area contributed by atoms with Crippen molar-refractivity contribution in [3.05, 3.63) is 64.7 Å². The third-order valence-electron chi connectivity index (χ3n) is 5.79. The van der Waals surface area contributed by atoms with Gasteiger partial charge in [-0.1, -0.05) is 37.6 Å². The number of benzene rings is 2. The van der Waals surface area contributed by atoms with Gasteiger partial charge in [0.15, 0.2) is 0 Å². The third-order valence-corrected chi connectivity index (χ3v) is 7.43. The Balaban J connectivity index is 1.47. The molecule has 0 saturated carbocycles. The molecule has 2 amide bonds. The van der Waals surface area contributed by atoms with Crippen molar-refractivity contribution in [2.24, 2.45) is 10.9 Å². The van der Waals surface area contributed by atoms with Gasteiger partial charge in [-0.2, -0.15) is 0 Å². The molecule has 174 valence electrons. The molecule has 4 rings (SSSR count). The number of rotatable bonds is 4. The zero-order valence-corrected chi connectivity index (χ0v) is 19.9. The predicted octanol–water partition coefficient (Wildman–Crippen LogP) is 2.39. The number of hydrogen-bond acceptors (Lipinski definition) is 5. The molecule has 8 nitrogen and oxygen atoms in total. The summed E-state index contributed by atoms with van der Waals surface area (Å²) in [6.07, 6.45) is 0. The van der Waals surface area contributed by atoms with E-state index >= 15 is 0 Å². The summed E-state index contributed by atoms with van der Waals surface area (Å²) in [7, 11) is -3.68. The van der Waals surface area contributed by atoms with E-state index in [-0.39, 0.29) is 28.5 Å². The zero-order valence-electron chi connectivity index (χ0n) is 18.4. The van der Waals surface area contributed by atoms with Gasteiger partial charge in [0.05, 0.1) is 4.90 Å². The first kappa shape index (κ1) is 23.3. The summed E-state index contributed by atoms with van der Waals surface area (Å²) >= 11 is 5.90. The quantitative estimate of drug-likeness (QED) is 0.714. The number of carbonyl (C=O) groups excluding carboxylic acids is 2. The molecule has 1 fully saturated rings. The fourth-order valence-corrected chi connectivity index (χ4v) is 5.32. The van der Waals surface area contributed by atoms with Crippen molar-refractivity contribution < 1.29 is 18.0 Å². The molecule has 1 saturated heterocycles. The van der Waals surface area contributed by atoms with Gasteiger partial charge in [0.1, 0.15) is 11.9 Å². The normalized spacial score (nSPS) is 19.3. The molecule has 10 heteroatoms. The summed E-state index contributed by atoms with van der Waals surface area (Å²) in [5, 5.41) is 0.565. The van der Waals surface area contributed by atoms with E-state index in [0.717, 1.165) is 0 Å². The van der Waals surface area contributed by atoms with Crippen LogP contribution in [-0.4, -0.2) is 68.1 Å². The van der Waals surface area contributed by atoms with Crippen LogP contribution in [0.15, 0.2) is 58.4 Å². The van der Waals surface area contributed by atoms with Gasteiger partial charge >= 0.3 is 0 Å². The number of piperazine rings is 1. The molecule has 0 aromatic heterocycles. The van der Waals surface area contributed by atoms with Crippen LogP contribution in [0.3, 0.4) is 0 Å². The van der Waals surface area contributed by atoms with E-state index in [1.54, 1.807) is 52.3 Å². The largest absolute Gasteiger partial charge is 0.337 e. The summed E-state index contributed by atoms with van der Waals surface area (Å²) < 4.78 is 27.3. The van der Waals surface area contributed by atoms with E-state index in [4.69, 9.17) is 11.6 Å². The Kier molecular flexibility index (Phi) is 6.45. The van der Waals surface area contributed by atoms with Gasteiger partial charge in [0, 0.05) is 42.3 Å². The van der Waals surface area contributed by atoms with E-state index in [1.807, 2.05) is 13.8 Å². The molecular formula is C23H25ClN4O4S. The lowest BCUT2D eigenvalue weighted by atomic mass is 10.0. The van der Waals surface area contributed by atoms with Crippen LogP contribution in [0, 0.1) is 5.92 Å². The second-order valence-corrected chi connectivity index (χ2v) is 10.5. The van der Waals surface area contributed by atoms with Crippen LogP contribution >= 0.6 is 11.6 Å². The Bertz CT molecular complexity index is 1200. The zero-order chi connectivity index (χ0) is 23.8. The summed E-state index contributed by atoms with van der Waals surface area (Å²) in [5.74, 6) is -0.235. The average molecular weight is 489 g/mol. The highest BCUT2D eigenvalue weighted by Gasteiger charge is 2.35. The molecule has 33 heavy (non-hydrogen) atoms. The Labute approximate surface area is 198 Å². The molecular weight excluding hydrogens is 464 g/mol. The molecule has 1 N–H and O–H groups in total. The molecule has 0 radical (unpaired) electrons. The van der Waals surface area contributed by atoms with Gasteiger partial charge in [-0.05, 0) is 42.3 Å². The van der Waals surface area contributed by atoms with Crippen LogP contribution in [0.1, 0.15) is 29.8 Å². The first-order valence-electron chi connectivity index (χ1n) is 10.7. The topological polar surface area (TPSA) is 99.1 Å². The van der Waals surface area contributed by atoms with Crippen LogP contribution in [0.5, 0.6) is 0 Å². The second kappa shape index (κ2) is 9.15. The molecule has 1 atom stereocenters. The van der Waals surface area contributed by atoms with E-state index in [0.29, 0.717) is 42.3 Å². The van der Waals surface area contributed by atoms with Crippen LogP contribution in [0.25, 0.3) is 0 Å². The minimum Gasteiger partial charge on any atom is -0.337 e. The van der Waals surface area contributed by atoms with Crippen molar-refractivity contribution >= 4 is 39.3 Å². The molecule has 0 unspecified atom stereocenters. The molecule has 2 aliphatic rings. The highest BCUT2D eigenvalue weighted by atomic mass is 35.5. The number of nitrogens with one attached hydrogen (secondary N) is 1. The van der Waals surface area contributed by atoms with Gasteiger partial charge in [-0.15, -0.1) is 0 Å². The van der Waals surface area contributed by atoms with E-state index < -0.39 is 16.1 Å². The average Bonchev–Trinajstić information content (AvgIpc) is 3.07. The third kappa shape index (κ3) is 4.74. The number of amides is 2. The monoisotopic (exact) mass is 488 g/mol. The number of amidine groups is 1. The second-order valence-electron chi connectivity index (χ2n) is 8.39. The lowest BCUT2D eigenvalue weighted by Gasteiger charge is -2.36. The highest BCUT2D eigenvalue weighted by Crippen LogP contribution is 2.24. The number of carbonyl (C=O) groups is 2. The van der Waals surface area contributed by atoms with Crippen molar-refractivity contribution in [3.63, 3.8) is 0 Å². The van der Waals surface area contributed by atoms with Crippen molar-refractivity contribution in [1.29, 1.82) is 0 Å². The minimum atomic E-state index is -3.68. The molecule has 2 aromatic carbocycles. The van der Waals surface area contributed by atoms with E-state index in [9.17, 15) is 18.0 Å². The summed E-state index contributed by atoms with van der Waals surface area (Å²) in [5.41, 5.74) is 1.02. The maximum absolute atomic E-state index is 13.3. The van der Waals surface area contributed by atoms with Gasteiger partial charge in [-0.3, -0.25) is 19.3 Å². The van der Waals surface area contributed by atoms with Crippen molar-refractivity contribution in [2.45, 2.75) is 24.8 Å². The lowest BCUT2D eigenvalue weighted by Crippen LogP contribution is -2.53. The number of sulfonamides is 1. The molecule has 0 bridgehead atoms. The number of fused-ring (bicyclic) bond motifs is 1. The summed E-state index contributed by atoms with van der Waals surface area (Å²) in [4.78, 5) is 34.1. The number of hydrogen-bond donors (Lipinski definition) is 1. The standard InChI is InChI=1S/C23H25ClN4O4S/c1-15(2)20(25-21-18-5-3-4-6-19(18)33(31,32)26-21)23(30)28-13-11-27(12-14-28)22(29)16-7-9-17(24)10-8-16/h3-10,15,20H,11-14H2,1-2H3,(H,25,26)/t20-/m0/s1. The Morgan fingerprint density at radius 1 is 0.970 bits per heavy atom. The van der Waals surface area contributed by atoms with Crippen LogP contribution in [-0.2, 0) is 14.8 Å². The van der Waals surface area contributed by atoms with Crippen LogP contribution in [0.2, 0.25) is 5.02 Å². The van der Waals surface area contributed by atoms with Crippen LogP contribution < -0.4 is 4.72 Å². The molecule has 2 heterocycles. The smallest absolute Gasteiger partial charge is 0.263 e. The minimum absolute atomic E-state index is 0.101. The Morgan fingerprint density at radius 2 is 1.58 bits per heavy atom. The number of halogens is 1. The van der Waals surface area contributed by atoms with Gasteiger partial charge in [-0.25, -0.2) is 8.42 Å². The first-order valence-corrected chi connectivity index (χ1v) is 12.6. The van der Waals surface area contributed by atoms with Crippen molar-refractivity contribution in [3.8, 4) is 0 Å². The van der Waals surface area contributed by atoms with Gasteiger partial charge in [0.25, 0.3) is 15.9 Å². The fourth-order valence-electron chi connectivity index (χ4n) is 3.95. The fraction of sp³-hybridized carbons (Fsp3) is 0.348. The van der Waals surface area contributed by atoms with Crippen molar-refractivity contribution in [2.75, 3.05) is 26.2 Å². The Hall–Kier alpha value is -2.91. The molecule has 2 aliphatic heterocycles. The maximum atomic E-state index is 13.3. The summed E-state index contributed by atoms with van der Waals surface area (Å²) in [6.45, 7) is 5.34. The Morgan fingerprint density at radius 3 is 2.21 bits per heavy atom. The number of nitrogens with zero attached hydrogens (tertiary/aromatic N) is 3. The maximum Gasteiger partial charge on any atom is 0.263 e. The van der Waals surface area contributed by atoms with Crippen molar-refractivity contribution in [1.82, 2.24) is 14.5 Å². The highest BCUT2D eigenvalue weighted by molar-refractivity contribution is 7.90. The lowest BCUT2D eigenvalue weighted by molar-refractivity contribution is -0.134. The SMILES string of the molecule is CC(C)[C@H](N=C1NS(=O)(=O)c2ccccc21)C(=O)N1CCN(C(=O)c2ccc(Cl)cc2)CC1. The number of aliphatic imine (C=N–C) groups is 1.